The molecular formula is C12H20N2. The molecule has 0 aliphatic rings. The fourth-order valence-corrected chi connectivity index (χ4v) is 1.69. The zero-order chi connectivity index (χ0) is 10.6. The second kappa shape index (κ2) is 5.13. The van der Waals surface area contributed by atoms with E-state index in [0.29, 0.717) is 0 Å². The van der Waals surface area contributed by atoms with E-state index >= 15 is 0 Å². The molecule has 2 atom stereocenters. The summed E-state index contributed by atoms with van der Waals surface area (Å²) in [5.74, 6) is 0. The molecule has 0 radical (unpaired) electrons. The smallest absolute Gasteiger partial charge is 0.0468 e. The van der Waals surface area contributed by atoms with Crippen molar-refractivity contribution in [2.24, 2.45) is 5.73 Å². The molecule has 0 aliphatic carbocycles. The van der Waals surface area contributed by atoms with Crippen LogP contribution in [0.1, 0.15) is 31.0 Å². The number of hydrogen-bond donors (Lipinski definition) is 2. The highest BCUT2D eigenvalue weighted by Gasteiger charge is 2.12. The maximum atomic E-state index is 5.89. The van der Waals surface area contributed by atoms with Crippen molar-refractivity contribution >= 4 is 0 Å². The Morgan fingerprint density at radius 2 is 1.86 bits per heavy atom. The summed E-state index contributed by atoms with van der Waals surface area (Å²) in [5.41, 5.74) is 8.52. The van der Waals surface area contributed by atoms with Crippen molar-refractivity contribution < 1.29 is 0 Å². The third kappa shape index (κ3) is 2.56. The van der Waals surface area contributed by atoms with Crippen molar-refractivity contribution in [1.82, 2.24) is 5.32 Å². The highest BCUT2D eigenvalue weighted by Crippen LogP contribution is 2.16. The van der Waals surface area contributed by atoms with E-state index < -0.39 is 0 Å². The van der Waals surface area contributed by atoms with Crippen LogP contribution in [0.3, 0.4) is 0 Å². The minimum Gasteiger partial charge on any atom is -0.326 e. The zero-order valence-electron chi connectivity index (χ0n) is 9.25. The molecule has 3 N–H and O–H groups in total. The second-order valence-corrected chi connectivity index (χ2v) is 3.72. The maximum Gasteiger partial charge on any atom is 0.0468 e. The van der Waals surface area contributed by atoms with E-state index in [0.717, 1.165) is 6.42 Å². The molecule has 1 aromatic carbocycles. The number of rotatable bonds is 4. The van der Waals surface area contributed by atoms with Gasteiger partial charge in [-0.3, -0.25) is 0 Å². The monoisotopic (exact) mass is 192 g/mol. The van der Waals surface area contributed by atoms with Gasteiger partial charge in [0.2, 0.25) is 0 Å². The normalized spacial score (nSPS) is 15.1. The summed E-state index contributed by atoms with van der Waals surface area (Å²) >= 11 is 0. The van der Waals surface area contributed by atoms with Crippen molar-refractivity contribution in [3.63, 3.8) is 0 Å². The van der Waals surface area contributed by atoms with Gasteiger partial charge in [-0.1, -0.05) is 31.2 Å². The first-order chi connectivity index (χ1) is 6.69. The van der Waals surface area contributed by atoms with Crippen LogP contribution in [0.2, 0.25) is 0 Å². The third-order valence-corrected chi connectivity index (χ3v) is 2.58. The molecule has 0 saturated carbocycles. The summed E-state index contributed by atoms with van der Waals surface area (Å²) in [6.07, 6.45) is 1.09. The predicted octanol–water partition coefficient (Wildman–Crippen LogP) is 1.86. The maximum absolute atomic E-state index is 5.89. The molecule has 0 bridgehead atoms. The number of likely N-dealkylation sites (N-methyl/N-ethyl adjacent to an activating group) is 1. The average molecular weight is 192 g/mol. The molecule has 2 heteroatoms. The highest BCUT2D eigenvalue weighted by atomic mass is 14.9. The minimum atomic E-state index is 0.132. The van der Waals surface area contributed by atoms with Crippen LogP contribution in [0.5, 0.6) is 0 Å². The lowest BCUT2D eigenvalue weighted by atomic mass is 9.99. The summed E-state index contributed by atoms with van der Waals surface area (Å²) in [6, 6.07) is 9.03. The van der Waals surface area contributed by atoms with E-state index in [4.69, 9.17) is 5.73 Å². The molecule has 0 aromatic heterocycles. The minimum absolute atomic E-state index is 0.132. The molecule has 2 unspecified atom stereocenters. The van der Waals surface area contributed by atoms with E-state index in [9.17, 15) is 0 Å². The van der Waals surface area contributed by atoms with Crippen LogP contribution in [-0.2, 0) is 6.42 Å². The molecular weight excluding hydrogens is 172 g/mol. The van der Waals surface area contributed by atoms with Crippen LogP contribution >= 0.6 is 0 Å². The summed E-state index contributed by atoms with van der Waals surface area (Å²) in [4.78, 5) is 0. The van der Waals surface area contributed by atoms with Gasteiger partial charge in [-0.05, 0) is 31.5 Å². The average Bonchev–Trinajstić information content (AvgIpc) is 2.19. The Bertz CT molecular complexity index is 264. The Balaban J connectivity index is 2.84. The Kier molecular flexibility index (Phi) is 4.11. The van der Waals surface area contributed by atoms with Crippen molar-refractivity contribution in [2.75, 3.05) is 7.05 Å². The fourth-order valence-electron chi connectivity index (χ4n) is 1.69. The number of aryl methyl sites for hydroxylation is 1. The SMILES string of the molecule is CCc1ccc(C(NC)C(C)N)cc1. The van der Waals surface area contributed by atoms with Crippen LogP contribution in [0.25, 0.3) is 0 Å². The predicted molar refractivity (Wildman–Crippen MR) is 61.3 cm³/mol. The Morgan fingerprint density at radius 3 is 2.21 bits per heavy atom. The van der Waals surface area contributed by atoms with Gasteiger partial charge in [0.1, 0.15) is 0 Å². The van der Waals surface area contributed by atoms with E-state index in [-0.39, 0.29) is 12.1 Å². The lowest BCUT2D eigenvalue weighted by molar-refractivity contribution is 0.503. The Labute approximate surface area is 86.5 Å². The Morgan fingerprint density at radius 1 is 1.29 bits per heavy atom. The summed E-state index contributed by atoms with van der Waals surface area (Å²) in [7, 11) is 1.95. The van der Waals surface area contributed by atoms with E-state index in [1.165, 1.54) is 11.1 Å². The zero-order valence-corrected chi connectivity index (χ0v) is 9.25. The molecule has 0 amide bonds. The standard InChI is InChI=1S/C12H20N2/c1-4-10-5-7-11(8-6-10)12(14-3)9(2)13/h5-9,12,14H,4,13H2,1-3H3. The highest BCUT2D eigenvalue weighted by molar-refractivity contribution is 5.25. The van der Waals surface area contributed by atoms with Crippen molar-refractivity contribution in [3.8, 4) is 0 Å². The van der Waals surface area contributed by atoms with Gasteiger partial charge in [-0.15, -0.1) is 0 Å². The molecule has 0 fully saturated rings. The van der Waals surface area contributed by atoms with Crippen molar-refractivity contribution in [1.29, 1.82) is 0 Å². The van der Waals surface area contributed by atoms with Gasteiger partial charge in [0.25, 0.3) is 0 Å². The number of nitrogens with one attached hydrogen (secondary N) is 1. The van der Waals surface area contributed by atoms with Crippen molar-refractivity contribution in [2.45, 2.75) is 32.4 Å². The molecule has 2 nitrogen and oxygen atoms in total. The van der Waals surface area contributed by atoms with Crippen LogP contribution in [-0.4, -0.2) is 13.1 Å². The molecule has 0 spiro atoms. The fraction of sp³-hybridized carbons (Fsp3) is 0.500. The summed E-state index contributed by atoms with van der Waals surface area (Å²) in [5, 5.41) is 3.23. The summed E-state index contributed by atoms with van der Waals surface area (Å²) < 4.78 is 0. The summed E-state index contributed by atoms with van der Waals surface area (Å²) in [6.45, 7) is 4.19. The van der Waals surface area contributed by atoms with Crippen LogP contribution in [0, 0.1) is 0 Å². The second-order valence-electron chi connectivity index (χ2n) is 3.72. The number of benzene rings is 1. The van der Waals surface area contributed by atoms with Gasteiger partial charge in [-0.2, -0.15) is 0 Å². The molecule has 14 heavy (non-hydrogen) atoms. The van der Waals surface area contributed by atoms with Gasteiger partial charge >= 0.3 is 0 Å². The van der Waals surface area contributed by atoms with Crippen LogP contribution in [0.4, 0.5) is 0 Å². The first-order valence-corrected chi connectivity index (χ1v) is 5.20. The lowest BCUT2D eigenvalue weighted by Gasteiger charge is -2.20. The van der Waals surface area contributed by atoms with E-state index in [1.807, 2.05) is 14.0 Å². The topological polar surface area (TPSA) is 38.0 Å². The van der Waals surface area contributed by atoms with Gasteiger partial charge in [0, 0.05) is 12.1 Å². The lowest BCUT2D eigenvalue weighted by Crippen LogP contribution is -2.33. The first-order valence-electron chi connectivity index (χ1n) is 5.20. The first kappa shape index (κ1) is 11.2. The largest absolute Gasteiger partial charge is 0.326 e. The molecule has 0 saturated heterocycles. The van der Waals surface area contributed by atoms with Crippen LogP contribution in [0.15, 0.2) is 24.3 Å². The van der Waals surface area contributed by atoms with Gasteiger partial charge in [0.15, 0.2) is 0 Å². The Hall–Kier alpha value is -0.860. The molecule has 78 valence electrons. The van der Waals surface area contributed by atoms with E-state index in [1.54, 1.807) is 0 Å². The van der Waals surface area contributed by atoms with Gasteiger partial charge < -0.3 is 11.1 Å². The third-order valence-electron chi connectivity index (χ3n) is 2.58. The number of hydrogen-bond acceptors (Lipinski definition) is 2. The molecule has 1 rings (SSSR count). The molecule has 1 aromatic rings. The number of nitrogens with two attached hydrogens (primary N) is 1. The van der Waals surface area contributed by atoms with Crippen molar-refractivity contribution in [3.05, 3.63) is 35.4 Å². The quantitative estimate of drug-likeness (QED) is 0.764. The molecule has 0 heterocycles. The van der Waals surface area contributed by atoms with Gasteiger partial charge in [-0.25, -0.2) is 0 Å². The molecule has 0 aliphatic heterocycles. The van der Waals surface area contributed by atoms with E-state index in [2.05, 4.69) is 36.5 Å². The van der Waals surface area contributed by atoms with Gasteiger partial charge in [0.05, 0.1) is 0 Å². The van der Waals surface area contributed by atoms with Crippen LogP contribution < -0.4 is 11.1 Å².